The van der Waals surface area contributed by atoms with Crippen LogP contribution >= 0.6 is 0 Å². The van der Waals surface area contributed by atoms with Crippen molar-refractivity contribution in [3.8, 4) is 0 Å². The van der Waals surface area contributed by atoms with Crippen LogP contribution in [0.25, 0.3) is 0 Å². The van der Waals surface area contributed by atoms with Gasteiger partial charge in [0.05, 0.1) is 6.54 Å². The summed E-state index contributed by atoms with van der Waals surface area (Å²) in [4.78, 5) is 27.0. The van der Waals surface area contributed by atoms with Crippen LogP contribution in [0.4, 0.5) is 0 Å². The Balaban J connectivity index is 1.12. The van der Waals surface area contributed by atoms with Crippen molar-refractivity contribution < 1.29 is 4.79 Å². The lowest BCUT2D eigenvalue weighted by Gasteiger charge is -2.50. The molecule has 2 aromatic rings. The van der Waals surface area contributed by atoms with E-state index < -0.39 is 0 Å². The fourth-order valence-electron chi connectivity index (χ4n) is 9.35. The van der Waals surface area contributed by atoms with Gasteiger partial charge in [0.15, 0.2) is 0 Å². The molecule has 0 aromatic heterocycles. The van der Waals surface area contributed by atoms with E-state index in [1.807, 2.05) is 0 Å². The normalized spacial score (nSPS) is 32.3. The van der Waals surface area contributed by atoms with Crippen molar-refractivity contribution in [2.24, 2.45) is 5.92 Å². The highest BCUT2D eigenvalue weighted by atomic mass is 16.2. The molecule has 6 fully saturated rings. The van der Waals surface area contributed by atoms with Crippen molar-refractivity contribution in [1.29, 1.82) is 0 Å². The van der Waals surface area contributed by atoms with E-state index in [1.165, 1.54) is 75.8 Å². The monoisotopic (exact) mass is 569 g/mol. The Morgan fingerprint density at radius 3 is 1.90 bits per heavy atom. The van der Waals surface area contributed by atoms with Gasteiger partial charge < -0.3 is 9.80 Å². The second-order valence-corrected chi connectivity index (χ2v) is 14.1. The lowest BCUT2D eigenvalue weighted by atomic mass is 9.61. The molecule has 1 amide bonds. The smallest absolute Gasteiger partial charge is 0.236 e. The number of benzene rings is 2. The summed E-state index contributed by atoms with van der Waals surface area (Å²) in [5, 5.41) is 0. The topological polar surface area (TPSA) is 33.3 Å². The summed E-state index contributed by atoms with van der Waals surface area (Å²) in [7, 11) is 2.24. The molecule has 8 rings (SSSR count). The molecule has 5 saturated heterocycles. The predicted molar refractivity (Wildman–Crippen MR) is 170 cm³/mol. The zero-order valence-electron chi connectivity index (χ0n) is 25.7. The first-order valence-corrected chi connectivity index (χ1v) is 16.9. The third kappa shape index (κ3) is 5.80. The highest BCUT2D eigenvalue weighted by Crippen LogP contribution is 2.55. The third-order valence-corrected chi connectivity index (χ3v) is 11.7. The maximum absolute atomic E-state index is 14.2. The molecule has 5 aliphatic heterocycles. The van der Waals surface area contributed by atoms with E-state index in [0.717, 1.165) is 45.3 Å². The van der Waals surface area contributed by atoms with Crippen LogP contribution < -0.4 is 0 Å². The molecule has 1 saturated carbocycles. The molecule has 2 unspecified atom stereocenters. The Kier molecular flexibility index (Phi) is 8.41. The zero-order chi connectivity index (χ0) is 28.5. The van der Waals surface area contributed by atoms with Gasteiger partial charge >= 0.3 is 0 Å². The van der Waals surface area contributed by atoms with Crippen LogP contribution in [0.3, 0.4) is 0 Å². The van der Waals surface area contributed by atoms with Crippen molar-refractivity contribution in [3.05, 3.63) is 71.8 Å². The van der Waals surface area contributed by atoms with Gasteiger partial charge in [-0.2, -0.15) is 0 Å². The zero-order valence-corrected chi connectivity index (χ0v) is 25.7. The average Bonchev–Trinajstić information content (AvgIpc) is 3.47. The number of carbonyl (C=O) groups is 1. The van der Waals surface area contributed by atoms with Gasteiger partial charge in [-0.3, -0.25) is 19.5 Å². The van der Waals surface area contributed by atoms with E-state index in [-0.39, 0.29) is 5.54 Å². The molecule has 6 heteroatoms. The third-order valence-electron chi connectivity index (χ3n) is 11.7. The summed E-state index contributed by atoms with van der Waals surface area (Å²) in [6.07, 6.45) is 7.48. The second-order valence-electron chi connectivity index (χ2n) is 14.1. The highest BCUT2D eigenvalue weighted by molar-refractivity contribution is 5.78. The summed E-state index contributed by atoms with van der Waals surface area (Å²) in [5.74, 6) is 1.75. The van der Waals surface area contributed by atoms with E-state index in [4.69, 9.17) is 0 Å². The molecule has 2 aromatic carbocycles. The Morgan fingerprint density at radius 1 is 0.762 bits per heavy atom. The number of carbonyl (C=O) groups excluding carboxylic acids is 1. The van der Waals surface area contributed by atoms with Crippen molar-refractivity contribution in [2.45, 2.75) is 61.9 Å². The number of rotatable bonds is 6. The maximum atomic E-state index is 14.2. The molecular weight excluding hydrogens is 518 g/mol. The first-order valence-electron chi connectivity index (χ1n) is 16.9. The molecule has 42 heavy (non-hydrogen) atoms. The highest BCUT2D eigenvalue weighted by Gasteiger charge is 2.54. The predicted octanol–water partition coefficient (Wildman–Crippen LogP) is 4.35. The fourth-order valence-corrected chi connectivity index (χ4v) is 9.35. The Hall–Kier alpha value is -2.25. The van der Waals surface area contributed by atoms with Crippen molar-refractivity contribution in [2.75, 3.05) is 79.0 Å². The number of fused-ring (bicyclic) bond motifs is 4. The number of nitrogens with zero attached hydrogens (tertiary/aromatic N) is 5. The largest absolute Gasteiger partial charge is 0.339 e. The quantitative estimate of drug-likeness (QED) is 0.517. The van der Waals surface area contributed by atoms with Gasteiger partial charge in [0.1, 0.15) is 0 Å². The minimum Gasteiger partial charge on any atom is -0.339 e. The number of piperazine rings is 1. The van der Waals surface area contributed by atoms with Crippen LogP contribution in [0.15, 0.2) is 60.7 Å². The van der Waals surface area contributed by atoms with Crippen LogP contribution in [0, 0.1) is 5.92 Å². The van der Waals surface area contributed by atoms with Gasteiger partial charge in [-0.05, 0) is 101 Å². The standard InChI is InChI=1S/C36H51N5O/c1-37-18-14-31(15-19-37)39-22-20-38(21-23-39)27-35(42)40-26-34-32(29-10-4-2-5-11-29)24-36(28-40,41-16-8-9-17-41)25-33(34)30-12-6-3-7-13-30/h2-7,10-13,31-34H,8-9,14-28H2,1H3. The van der Waals surface area contributed by atoms with Gasteiger partial charge in [0.2, 0.25) is 5.91 Å². The summed E-state index contributed by atoms with van der Waals surface area (Å²) in [6, 6.07) is 23.3. The minimum atomic E-state index is 0.0486. The average molecular weight is 570 g/mol. The summed E-state index contributed by atoms with van der Waals surface area (Å²) >= 11 is 0. The fraction of sp³-hybridized carbons (Fsp3) is 0.639. The molecule has 0 spiro atoms. The second kappa shape index (κ2) is 12.4. The molecule has 0 N–H and O–H groups in total. The van der Waals surface area contributed by atoms with Gasteiger partial charge in [-0.15, -0.1) is 0 Å². The molecule has 2 atom stereocenters. The van der Waals surface area contributed by atoms with Crippen LogP contribution in [0.5, 0.6) is 0 Å². The maximum Gasteiger partial charge on any atom is 0.236 e. The molecule has 2 bridgehead atoms. The summed E-state index contributed by atoms with van der Waals surface area (Å²) in [6.45, 7) is 11.4. The van der Waals surface area contributed by atoms with Crippen molar-refractivity contribution in [1.82, 2.24) is 24.5 Å². The molecular formula is C36H51N5O. The first kappa shape index (κ1) is 28.5. The number of hydrogen-bond acceptors (Lipinski definition) is 5. The molecule has 5 heterocycles. The first-order chi connectivity index (χ1) is 20.6. The lowest BCUT2D eigenvalue weighted by Crippen LogP contribution is -2.57. The van der Waals surface area contributed by atoms with E-state index in [1.54, 1.807) is 0 Å². The molecule has 226 valence electrons. The Bertz CT molecular complexity index is 1120. The van der Waals surface area contributed by atoms with E-state index in [2.05, 4.69) is 92.2 Å². The van der Waals surface area contributed by atoms with Crippen LogP contribution in [-0.4, -0.2) is 121 Å². The molecule has 6 aliphatic rings. The summed E-state index contributed by atoms with van der Waals surface area (Å²) in [5.41, 5.74) is 2.98. The number of hydrogen-bond donors (Lipinski definition) is 0. The van der Waals surface area contributed by atoms with Crippen molar-refractivity contribution in [3.63, 3.8) is 0 Å². The van der Waals surface area contributed by atoms with Crippen molar-refractivity contribution >= 4 is 5.91 Å². The van der Waals surface area contributed by atoms with Gasteiger partial charge in [0, 0.05) is 50.8 Å². The Morgan fingerprint density at radius 2 is 1.33 bits per heavy atom. The van der Waals surface area contributed by atoms with Gasteiger partial charge in [-0.1, -0.05) is 60.7 Å². The lowest BCUT2D eigenvalue weighted by molar-refractivity contribution is -0.134. The summed E-state index contributed by atoms with van der Waals surface area (Å²) < 4.78 is 0. The minimum absolute atomic E-state index is 0.0486. The van der Waals surface area contributed by atoms with Crippen LogP contribution in [0.2, 0.25) is 0 Å². The molecule has 6 nitrogen and oxygen atoms in total. The number of likely N-dealkylation sites (tertiary alicyclic amines) is 2. The Labute approximate surface area is 253 Å². The molecule has 1 aliphatic carbocycles. The number of amides is 1. The van der Waals surface area contributed by atoms with E-state index in [0.29, 0.717) is 30.2 Å². The van der Waals surface area contributed by atoms with Gasteiger partial charge in [0.25, 0.3) is 0 Å². The SMILES string of the molecule is CN1CCC(N2CCN(CC(=O)N3CC4C(c5ccccc5)CC(N5CCCC5)(CC4c4ccccc4)C3)CC2)CC1. The van der Waals surface area contributed by atoms with E-state index >= 15 is 0 Å². The van der Waals surface area contributed by atoms with E-state index in [9.17, 15) is 4.79 Å². The van der Waals surface area contributed by atoms with Crippen LogP contribution in [0.1, 0.15) is 61.5 Å². The van der Waals surface area contributed by atoms with Crippen LogP contribution in [-0.2, 0) is 4.79 Å². The molecule has 0 radical (unpaired) electrons. The number of piperidine rings is 1. The van der Waals surface area contributed by atoms with Gasteiger partial charge in [-0.25, -0.2) is 0 Å².